The molecule has 0 aliphatic carbocycles. The van der Waals surface area contributed by atoms with Crippen LogP contribution in [-0.4, -0.2) is 22.4 Å². The molecule has 1 aliphatic heterocycles. The Hall–Kier alpha value is -0.830. The van der Waals surface area contributed by atoms with E-state index in [-0.39, 0.29) is 0 Å². The minimum Gasteiger partial charge on any atom is -0.314 e. The third kappa shape index (κ3) is 1.50. The van der Waals surface area contributed by atoms with Crippen molar-refractivity contribution in [2.24, 2.45) is 0 Å². The predicted molar refractivity (Wildman–Crippen MR) is 48.0 cm³/mol. The van der Waals surface area contributed by atoms with Crippen molar-refractivity contribution < 1.29 is 0 Å². The van der Waals surface area contributed by atoms with E-state index in [0.29, 0.717) is 12.1 Å². The topological polar surface area (TPSA) is 29.9 Å². The molecule has 1 aromatic heterocycles. The van der Waals surface area contributed by atoms with Crippen LogP contribution >= 0.6 is 0 Å². The standard InChI is InChI=1S/C9H15N3/c1-8-7-9(3-5-10-8)12-6-2-4-11-12/h2,4,6,8-10H,3,5,7H2,1H3. The summed E-state index contributed by atoms with van der Waals surface area (Å²) in [7, 11) is 0. The Morgan fingerprint density at radius 3 is 3.17 bits per heavy atom. The van der Waals surface area contributed by atoms with Gasteiger partial charge in [-0.15, -0.1) is 0 Å². The Bertz CT molecular complexity index is 230. The zero-order valence-corrected chi connectivity index (χ0v) is 7.40. The second-order valence-electron chi connectivity index (χ2n) is 3.52. The summed E-state index contributed by atoms with van der Waals surface area (Å²) in [6.45, 7) is 3.35. The van der Waals surface area contributed by atoms with Gasteiger partial charge in [-0.1, -0.05) is 0 Å². The summed E-state index contributed by atoms with van der Waals surface area (Å²) >= 11 is 0. The molecular weight excluding hydrogens is 150 g/mol. The zero-order chi connectivity index (χ0) is 8.39. The molecule has 0 radical (unpaired) electrons. The average Bonchev–Trinajstić information content (AvgIpc) is 2.56. The van der Waals surface area contributed by atoms with E-state index < -0.39 is 0 Å². The highest BCUT2D eigenvalue weighted by Crippen LogP contribution is 2.20. The van der Waals surface area contributed by atoms with Crippen molar-refractivity contribution in [1.82, 2.24) is 15.1 Å². The average molecular weight is 165 g/mol. The molecule has 1 saturated heterocycles. The summed E-state index contributed by atoms with van der Waals surface area (Å²) in [5, 5.41) is 7.70. The van der Waals surface area contributed by atoms with Gasteiger partial charge in [0.15, 0.2) is 0 Å². The summed E-state index contributed by atoms with van der Waals surface area (Å²) in [6, 6.07) is 3.23. The first-order valence-corrected chi connectivity index (χ1v) is 4.59. The van der Waals surface area contributed by atoms with Crippen molar-refractivity contribution in [3.8, 4) is 0 Å². The lowest BCUT2D eigenvalue weighted by atomic mass is 10.0. The van der Waals surface area contributed by atoms with E-state index in [1.165, 1.54) is 12.8 Å². The Labute approximate surface area is 72.8 Å². The van der Waals surface area contributed by atoms with Crippen molar-refractivity contribution in [3.63, 3.8) is 0 Å². The number of nitrogens with zero attached hydrogens (tertiary/aromatic N) is 2. The van der Waals surface area contributed by atoms with Gasteiger partial charge in [-0.05, 0) is 32.4 Å². The van der Waals surface area contributed by atoms with Crippen LogP contribution in [0.25, 0.3) is 0 Å². The Morgan fingerprint density at radius 1 is 1.58 bits per heavy atom. The van der Waals surface area contributed by atoms with Crippen molar-refractivity contribution in [3.05, 3.63) is 18.5 Å². The second-order valence-corrected chi connectivity index (χ2v) is 3.52. The van der Waals surface area contributed by atoms with Crippen LogP contribution in [0.15, 0.2) is 18.5 Å². The number of rotatable bonds is 1. The lowest BCUT2D eigenvalue weighted by Gasteiger charge is -2.28. The maximum Gasteiger partial charge on any atom is 0.0546 e. The molecule has 1 aromatic rings. The minimum atomic E-state index is 0.608. The van der Waals surface area contributed by atoms with E-state index in [0.717, 1.165) is 6.54 Å². The van der Waals surface area contributed by atoms with Crippen molar-refractivity contribution in [2.45, 2.75) is 31.8 Å². The summed E-state index contributed by atoms with van der Waals surface area (Å²) < 4.78 is 2.08. The molecule has 3 heteroatoms. The van der Waals surface area contributed by atoms with Gasteiger partial charge < -0.3 is 5.32 Å². The summed E-state index contributed by atoms with van der Waals surface area (Å²) in [4.78, 5) is 0. The quantitative estimate of drug-likeness (QED) is 0.677. The van der Waals surface area contributed by atoms with E-state index in [1.54, 1.807) is 0 Å². The Kier molecular flexibility index (Phi) is 2.13. The van der Waals surface area contributed by atoms with Crippen LogP contribution < -0.4 is 5.32 Å². The molecule has 0 spiro atoms. The highest BCUT2D eigenvalue weighted by molar-refractivity contribution is 4.85. The molecule has 12 heavy (non-hydrogen) atoms. The molecule has 3 nitrogen and oxygen atoms in total. The predicted octanol–water partition coefficient (Wildman–Crippen LogP) is 1.20. The second kappa shape index (κ2) is 3.27. The van der Waals surface area contributed by atoms with Crippen molar-refractivity contribution in [2.75, 3.05) is 6.54 Å². The fourth-order valence-corrected chi connectivity index (χ4v) is 1.84. The number of nitrogens with one attached hydrogen (secondary N) is 1. The van der Waals surface area contributed by atoms with E-state index in [1.807, 2.05) is 12.3 Å². The summed E-state index contributed by atoms with van der Waals surface area (Å²) in [5.74, 6) is 0. The van der Waals surface area contributed by atoms with Gasteiger partial charge in [0.2, 0.25) is 0 Å². The zero-order valence-electron chi connectivity index (χ0n) is 7.40. The number of hydrogen-bond donors (Lipinski definition) is 1. The molecule has 2 heterocycles. The van der Waals surface area contributed by atoms with Gasteiger partial charge in [0.05, 0.1) is 6.04 Å². The van der Waals surface area contributed by atoms with E-state index >= 15 is 0 Å². The molecule has 0 saturated carbocycles. The lowest BCUT2D eigenvalue weighted by molar-refractivity contribution is 0.295. The maximum absolute atomic E-state index is 4.26. The van der Waals surface area contributed by atoms with Crippen LogP contribution in [0.3, 0.4) is 0 Å². The van der Waals surface area contributed by atoms with Gasteiger partial charge >= 0.3 is 0 Å². The highest BCUT2D eigenvalue weighted by atomic mass is 15.3. The van der Waals surface area contributed by atoms with Crippen LogP contribution in [0.2, 0.25) is 0 Å². The Morgan fingerprint density at radius 2 is 2.50 bits per heavy atom. The molecule has 2 rings (SSSR count). The number of piperidine rings is 1. The SMILES string of the molecule is CC1CC(n2cccn2)CCN1. The minimum absolute atomic E-state index is 0.608. The largest absolute Gasteiger partial charge is 0.314 e. The number of aromatic nitrogens is 2. The maximum atomic E-state index is 4.26. The van der Waals surface area contributed by atoms with E-state index in [4.69, 9.17) is 0 Å². The van der Waals surface area contributed by atoms with Crippen LogP contribution in [0, 0.1) is 0 Å². The first-order valence-electron chi connectivity index (χ1n) is 4.59. The molecule has 2 unspecified atom stereocenters. The Balaban J connectivity index is 2.04. The molecule has 1 fully saturated rings. The van der Waals surface area contributed by atoms with Gasteiger partial charge in [0.25, 0.3) is 0 Å². The number of hydrogen-bond acceptors (Lipinski definition) is 2. The molecular formula is C9H15N3. The van der Waals surface area contributed by atoms with Crippen molar-refractivity contribution >= 4 is 0 Å². The van der Waals surface area contributed by atoms with Gasteiger partial charge in [-0.2, -0.15) is 5.10 Å². The molecule has 0 aromatic carbocycles. The molecule has 1 N–H and O–H groups in total. The van der Waals surface area contributed by atoms with Gasteiger partial charge in [0, 0.05) is 18.4 Å². The molecule has 2 atom stereocenters. The van der Waals surface area contributed by atoms with Crippen LogP contribution in [0.5, 0.6) is 0 Å². The van der Waals surface area contributed by atoms with Crippen LogP contribution in [-0.2, 0) is 0 Å². The summed E-state index contributed by atoms with van der Waals surface area (Å²) in [6.07, 6.45) is 6.31. The van der Waals surface area contributed by atoms with E-state index in [2.05, 4.69) is 28.2 Å². The summed E-state index contributed by atoms with van der Waals surface area (Å²) in [5.41, 5.74) is 0. The van der Waals surface area contributed by atoms with Gasteiger partial charge in [0.1, 0.15) is 0 Å². The smallest absolute Gasteiger partial charge is 0.0546 e. The fourth-order valence-electron chi connectivity index (χ4n) is 1.84. The first-order chi connectivity index (χ1) is 5.86. The van der Waals surface area contributed by atoms with Crippen molar-refractivity contribution in [1.29, 1.82) is 0 Å². The monoisotopic (exact) mass is 165 g/mol. The van der Waals surface area contributed by atoms with Crippen LogP contribution in [0.1, 0.15) is 25.8 Å². The fraction of sp³-hybridized carbons (Fsp3) is 0.667. The van der Waals surface area contributed by atoms with Gasteiger partial charge in [-0.3, -0.25) is 4.68 Å². The highest BCUT2D eigenvalue weighted by Gasteiger charge is 2.19. The molecule has 1 aliphatic rings. The third-order valence-corrected chi connectivity index (χ3v) is 2.49. The third-order valence-electron chi connectivity index (χ3n) is 2.49. The lowest BCUT2D eigenvalue weighted by Crippen LogP contribution is -2.36. The molecule has 0 bridgehead atoms. The normalized spacial score (nSPS) is 30.4. The van der Waals surface area contributed by atoms with Gasteiger partial charge in [-0.25, -0.2) is 0 Å². The first kappa shape index (κ1) is 7.80. The molecule has 66 valence electrons. The van der Waals surface area contributed by atoms with Crippen LogP contribution in [0.4, 0.5) is 0 Å². The molecule has 0 amide bonds. The van der Waals surface area contributed by atoms with E-state index in [9.17, 15) is 0 Å².